The van der Waals surface area contributed by atoms with Gasteiger partial charge in [-0.05, 0) is 44.6 Å². The zero-order valence-corrected chi connectivity index (χ0v) is 13.4. The molecule has 0 saturated carbocycles. The normalized spacial score (nSPS) is 24.8. The van der Waals surface area contributed by atoms with Crippen molar-refractivity contribution in [3.8, 4) is 0 Å². The number of carboxylic acid groups (broad SMARTS) is 1. The summed E-state index contributed by atoms with van der Waals surface area (Å²) in [6.45, 7) is 5.42. The van der Waals surface area contributed by atoms with E-state index in [0.717, 1.165) is 30.6 Å². The van der Waals surface area contributed by atoms with E-state index < -0.39 is 16.0 Å². The lowest BCUT2D eigenvalue weighted by atomic mass is 10.0. The molecule has 0 spiro atoms. The molecule has 2 rings (SSSR count). The number of hydrogen-bond acceptors (Lipinski definition) is 4. The summed E-state index contributed by atoms with van der Waals surface area (Å²) < 4.78 is 27.3. The summed E-state index contributed by atoms with van der Waals surface area (Å²) in [6.07, 6.45) is 2.63. The lowest BCUT2D eigenvalue weighted by Gasteiger charge is -2.37. The first-order valence-corrected chi connectivity index (χ1v) is 8.93. The zero-order chi connectivity index (χ0) is 15.1. The van der Waals surface area contributed by atoms with E-state index in [-0.39, 0.29) is 21.9 Å². The summed E-state index contributed by atoms with van der Waals surface area (Å²) in [5, 5.41) is 10.8. The van der Waals surface area contributed by atoms with Gasteiger partial charge in [0.05, 0.1) is 0 Å². The van der Waals surface area contributed by atoms with Crippen LogP contribution in [-0.4, -0.2) is 35.9 Å². The van der Waals surface area contributed by atoms with Crippen LogP contribution >= 0.6 is 11.3 Å². The summed E-state index contributed by atoms with van der Waals surface area (Å²) >= 11 is 0.972. The number of sulfonamides is 1. The van der Waals surface area contributed by atoms with Crippen LogP contribution in [0.25, 0.3) is 0 Å². The number of nitrogens with zero attached hydrogens (tertiary/aromatic N) is 1. The Morgan fingerprint density at radius 1 is 1.35 bits per heavy atom. The molecule has 1 N–H and O–H groups in total. The Bertz CT molecular complexity index is 610. The Morgan fingerprint density at radius 3 is 2.40 bits per heavy atom. The Labute approximate surface area is 123 Å². The maximum Gasteiger partial charge on any atom is 0.347 e. The zero-order valence-electron chi connectivity index (χ0n) is 11.8. The van der Waals surface area contributed by atoms with Crippen molar-refractivity contribution < 1.29 is 18.3 Å². The van der Waals surface area contributed by atoms with E-state index in [1.807, 2.05) is 13.8 Å². The van der Waals surface area contributed by atoms with Crippen LogP contribution in [0.5, 0.6) is 0 Å². The van der Waals surface area contributed by atoms with Crippen LogP contribution < -0.4 is 0 Å². The highest BCUT2D eigenvalue weighted by molar-refractivity contribution is 7.89. The standard InChI is InChI=1S/C13H19NO4S2/c1-8-7-19-11(13(15)16)12(8)20(17,18)14-9(2)5-4-6-10(14)3/h7,9-10H,4-6H2,1-3H3,(H,15,16). The van der Waals surface area contributed by atoms with Crippen LogP contribution in [0.15, 0.2) is 10.3 Å². The van der Waals surface area contributed by atoms with E-state index in [9.17, 15) is 18.3 Å². The first kappa shape index (κ1) is 15.5. The summed E-state index contributed by atoms with van der Waals surface area (Å²) in [6, 6.07) is -0.186. The molecule has 1 aromatic rings. The van der Waals surface area contributed by atoms with Gasteiger partial charge in [-0.15, -0.1) is 11.3 Å². The van der Waals surface area contributed by atoms with Gasteiger partial charge in [-0.3, -0.25) is 0 Å². The molecular formula is C13H19NO4S2. The molecule has 2 atom stereocenters. The van der Waals surface area contributed by atoms with Gasteiger partial charge in [0.2, 0.25) is 10.0 Å². The quantitative estimate of drug-likeness (QED) is 0.930. The highest BCUT2D eigenvalue weighted by atomic mass is 32.2. The minimum Gasteiger partial charge on any atom is -0.477 e. The van der Waals surface area contributed by atoms with Crippen molar-refractivity contribution in [1.82, 2.24) is 4.31 Å². The van der Waals surface area contributed by atoms with Gasteiger partial charge in [0.15, 0.2) is 0 Å². The van der Waals surface area contributed by atoms with E-state index in [2.05, 4.69) is 0 Å². The number of carboxylic acids is 1. The first-order chi connectivity index (χ1) is 9.26. The third-order valence-corrected chi connectivity index (χ3v) is 7.29. The second kappa shape index (κ2) is 5.46. The second-order valence-electron chi connectivity index (χ2n) is 5.35. The monoisotopic (exact) mass is 317 g/mol. The summed E-state index contributed by atoms with van der Waals surface area (Å²) in [7, 11) is -3.76. The van der Waals surface area contributed by atoms with Gasteiger partial charge < -0.3 is 5.11 Å². The van der Waals surface area contributed by atoms with Crippen LogP contribution in [0.2, 0.25) is 0 Å². The van der Waals surface area contributed by atoms with Crippen LogP contribution in [-0.2, 0) is 10.0 Å². The summed E-state index contributed by atoms with van der Waals surface area (Å²) in [5.41, 5.74) is 0.511. The molecular weight excluding hydrogens is 298 g/mol. The molecule has 7 heteroatoms. The van der Waals surface area contributed by atoms with E-state index >= 15 is 0 Å². The number of aryl methyl sites for hydroxylation is 1. The molecule has 1 aliphatic heterocycles. The molecule has 0 aliphatic carbocycles. The molecule has 2 heterocycles. The average Bonchev–Trinajstić information content (AvgIpc) is 2.71. The Balaban J connectivity index is 2.55. The van der Waals surface area contributed by atoms with Crippen LogP contribution in [0.4, 0.5) is 0 Å². The van der Waals surface area contributed by atoms with Gasteiger partial charge in [0, 0.05) is 12.1 Å². The number of aromatic carboxylic acids is 1. The molecule has 1 saturated heterocycles. The van der Waals surface area contributed by atoms with Gasteiger partial charge in [0.1, 0.15) is 9.77 Å². The second-order valence-corrected chi connectivity index (χ2v) is 8.01. The fraction of sp³-hybridized carbons (Fsp3) is 0.615. The predicted molar refractivity (Wildman–Crippen MR) is 77.8 cm³/mol. The maximum atomic E-state index is 12.9. The average molecular weight is 317 g/mol. The van der Waals surface area contributed by atoms with Gasteiger partial charge in [-0.25, -0.2) is 13.2 Å². The lowest BCUT2D eigenvalue weighted by molar-refractivity contribution is 0.0697. The Kier molecular flexibility index (Phi) is 4.22. The van der Waals surface area contributed by atoms with Gasteiger partial charge in [-0.1, -0.05) is 6.42 Å². The fourth-order valence-corrected chi connectivity index (χ4v) is 6.35. The van der Waals surface area contributed by atoms with Gasteiger partial charge in [0.25, 0.3) is 0 Å². The number of hydrogen-bond donors (Lipinski definition) is 1. The van der Waals surface area contributed by atoms with E-state index in [0.29, 0.717) is 5.56 Å². The molecule has 112 valence electrons. The van der Waals surface area contributed by atoms with Crippen molar-refractivity contribution in [3.63, 3.8) is 0 Å². The molecule has 1 aliphatic rings. The predicted octanol–water partition coefficient (Wildman–Crippen LogP) is 2.71. The molecule has 0 amide bonds. The Morgan fingerprint density at radius 2 is 1.90 bits per heavy atom. The third kappa shape index (κ3) is 2.49. The molecule has 1 aromatic heterocycles. The number of carbonyl (C=O) groups is 1. The molecule has 2 unspecified atom stereocenters. The Hall–Kier alpha value is -0.920. The molecule has 0 radical (unpaired) electrons. The smallest absolute Gasteiger partial charge is 0.347 e. The topological polar surface area (TPSA) is 74.7 Å². The maximum absolute atomic E-state index is 12.9. The molecule has 0 bridgehead atoms. The number of rotatable bonds is 3. The molecule has 5 nitrogen and oxygen atoms in total. The molecule has 0 aromatic carbocycles. The number of piperidine rings is 1. The van der Waals surface area contributed by atoms with Crippen molar-refractivity contribution in [2.24, 2.45) is 0 Å². The third-order valence-electron chi connectivity index (χ3n) is 3.76. The van der Waals surface area contributed by atoms with Crippen molar-refractivity contribution in [1.29, 1.82) is 0 Å². The summed E-state index contributed by atoms with van der Waals surface area (Å²) in [4.78, 5) is 11.1. The van der Waals surface area contributed by atoms with Gasteiger partial charge in [-0.2, -0.15) is 4.31 Å². The van der Waals surface area contributed by atoms with Gasteiger partial charge >= 0.3 is 5.97 Å². The van der Waals surface area contributed by atoms with Crippen molar-refractivity contribution in [2.75, 3.05) is 0 Å². The highest BCUT2D eigenvalue weighted by Crippen LogP contribution is 2.34. The molecule has 20 heavy (non-hydrogen) atoms. The van der Waals surface area contributed by atoms with Crippen LogP contribution in [0.1, 0.15) is 48.3 Å². The van der Waals surface area contributed by atoms with Crippen LogP contribution in [0, 0.1) is 6.92 Å². The first-order valence-electron chi connectivity index (χ1n) is 6.61. The largest absolute Gasteiger partial charge is 0.477 e. The highest BCUT2D eigenvalue weighted by Gasteiger charge is 2.39. The van der Waals surface area contributed by atoms with Crippen LogP contribution in [0.3, 0.4) is 0 Å². The fourth-order valence-electron chi connectivity index (χ4n) is 2.88. The van der Waals surface area contributed by atoms with E-state index in [1.165, 1.54) is 4.31 Å². The van der Waals surface area contributed by atoms with Crippen molar-refractivity contribution in [3.05, 3.63) is 15.8 Å². The summed E-state index contributed by atoms with van der Waals surface area (Å²) in [5.74, 6) is -1.18. The van der Waals surface area contributed by atoms with E-state index in [4.69, 9.17) is 0 Å². The minimum atomic E-state index is -3.76. The SMILES string of the molecule is Cc1csc(C(=O)O)c1S(=O)(=O)N1C(C)CCCC1C. The minimum absolute atomic E-state index is 0.0319. The van der Waals surface area contributed by atoms with E-state index in [1.54, 1.807) is 12.3 Å². The van der Waals surface area contributed by atoms with Crippen molar-refractivity contribution >= 4 is 27.3 Å². The van der Waals surface area contributed by atoms with Crippen molar-refractivity contribution in [2.45, 2.75) is 57.0 Å². The molecule has 1 fully saturated rings. The number of thiophene rings is 1. The lowest BCUT2D eigenvalue weighted by Crippen LogP contribution is -2.47.